The van der Waals surface area contributed by atoms with Crippen molar-refractivity contribution in [1.29, 1.82) is 0 Å². The van der Waals surface area contributed by atoms with E-state index >= 15 is 0 Å². The van der Waals surface area contributed by atoms with Crippen molar-refractivity contribution in [3.8, 4) is 0 Å². The van der Waals surface area contributed by atoms with E-state index in [9.17, 15) is 26.9 Å². The number of aliphatic carboxylic acids is 1. The molecule has 3 nitrogen and oxygen atoms in total. The third kappa shape index (κ3) is 1.66. The van der Waals surface area contributed by atoms with Crippen LogP contribution in [0.2, 0.25) is 0 Å². The van der Waals surface area contributed by atoms with Crippen molar-refractivity contribution in [2.45, 2.75) is 25.6 Å². The van der Waals surface area contributed by atoms with E-state index in [1.54, 1.807) is 0 Å². The van der Waals surface area contributed by atoms with E-state index in [0.29, 0.717) is 0 Å². The van der Waals surface area contributed by atoms with Gasteiger partial charge in [-0.3, -0.25) is 0 Å². The van der Waals surface area contributed by atoms with Crippen LogP contribution in [0.25, 0.3) is 0 Å². The van der Waals surface area contributed by atoms with E-state index < -0.39 is 28.9 Å². The molecule has 0 spiro atoms. The van der Waals surface area contributed by atoms with Crippen LogP contribution in [0, 0.1) is 5.92 Å². The van der Waals surface area contributed by atoms with Gasteiger partial charge < -0.3 is 5.11 Å². The van der Waals surface area contributed by atoms with Gasteiger partial charge in [0.15, 0.2) is 0 Å². The SMILES string of the molecule is CC(C)C(F)(F)[C@@](F)(C(=O)O)N(F)F. The van der Waals surface area contributed by atoms with Crippen molar-refractivity contribution in [3.63, 3.8) is 0 Å². The number of rotatable bonds is 4. The Balaban J connectivity index is 5.32. The summed E-state index contributed by atoms with van der Waals surface area (Å²) in [5.74, 6) is -14.5. The van der Waals surface area contributed by atoms with Gasteiger partial charge in [-0.2, -0.15) is 0 Å². The lowest BCUT2D eigenvalue weighted by Gasteiger charge is -2.31. The zero-order valence-electron chi connectivity index (χ0n) is 7.27. The second-order valence-electron chi connectivity index (χ2n) is 2.94. The molecule has 0 rings (SSSR count). The molecule has 0 bridgehead atoms. The Morgan fingerprint density at radius 2 is 1.64 bits per heavy atom. The van der Waals surface area contributed by atoms with Crippen LogP contribution in [-0.2, 0) is 4.79 Å². The van der Waals surface area contributed by atoms with Gasteiger partial charge in [0, 0.05) is 5.92 Å². The molecule has 84 valence electrons. The number of hydrogen-bond acceptors (Lipinski definition) is 2. The van der Waals surface area contributed by atoms with Crippen LogP contribution in [0.4, 0.5) is 22.1 Å². The lowest BCUT2D eigenvalue weighted by atomic mass is 9.96. The van der Waals surface area contributed by atoms with Gasteiger partial charge in [-0.05, 0) is 0 Å². The molecule has 0 aliphatic heterocycles. The van der Waals surface area contributed by atoms with Gasteiger partial charge in [-0.15, -0.1) is 0 Å². The number of halogens is 5. The van der Waals surface area contributed by atoms with Crippen molar-refractivity contribution in [2.75, 3.05) is 0 Å². The highest BCUT2D eigenvalue weighted by atomic mass is 19.4. The minimum Gasteiger partial charge on any atom is -0.478 e. The van der Waals surface area contributed by atoms with Crippen LogP contribution in [-0.4, -0.2) is 28.1 Å². The monoisotopic (exact) mass is 221 g/mol. The molecule has 14 heavy (non-hydrogen) atoms. The highest BCUT2D eigenvalue weighted by Crippen LogP contribution is 2.41. The Hall–Kier alpha value is -0.920. The quantitative estimate of drug-likeness (QED) is 0.449. The van der Waals surface area contributed by atoms with Gasteiger partial charge in [-0.1, -0.05) is 22.8 Å². The van der Waals surface area contributed by atoms with Crippen molar-refractivity contribution < 1.29 is 32.0 Å². The molecule has 0 fully saturated rings. The minimum atomic E-state index is -5.00. The van der Waals surface area contributed by atoms with Crippen LogP contribution in [0.15, 0.2) is 0 Å². The summed E-state index contributed by atoms with van der Waals surface area (Å²) in [4.78, 5) is 10.0. The molecule has 8 heteroatoms. The van der Waals surface area contributed by atoms with Crippen LogP contribution in [0.1, 0.15) is 13.8 Å². The standard InChI is InChI=1S/C6H8F5NO2/c1-3(2)5(7,8)6(9,4(13)14)12(10)11/h3H,1-2H3,(H,13,14)/t6-/m1/s1. The molecule has 0 saturated heterocycles. The van der Waals surface area contributed by atoms with E-state index in [2.05, 4.69) is 0 Å². The summed E-state index contributed by atoms with van der Waals surface area (Å²) in [6.45, 7) is 1.47. The molecule has 1 N–H and O–H groups in total. The molecule has 0 aromatic rings. The van der Waals surface area contributed by atoms with E-state index in [1.165, 1.54) is 0 Å². The molecule has 1 atom stereocenters. The maximum absolute atomic E-state index is 12.9. The summed E-state index contributed by atoms with van der Waals surface area (Å²) >= 11 is 0. The predicted molar refractivity (Wildman–Crippen MR) is 35.3 cm³/mol. The first kappa shape index (κ1) is 13.1. The fourth-order valence-electron chi connectivity index (χ4n) is 0.710. The van der Waals surface area contributed by atoms with E-state index in [0.717, 1.165) is 13.8 Å². The van der Waals surface area contributed by atoms with Crippen LogP contribution in [0.5, 0.6) is 0 Å². The van der Waals surface area contributed by atoms with E-state index in [4.69, 9.17) is 5.11 Å². The summed E-state index contributed by atoms with van der Waals surface area (Å²) in [6, 6.07) is 0. The van der Waals surface area contributed by atoms with Gasteiger partial charge in [0.25, 0.3) is 0 Å². The van der Waals surface area contributed by atoms with Crippen molar-refractivity contribution in [2.24, 2.45) is 5.92 Å². The van der Waals surface area contributed by atoms with E-state index in [-0.39, 0.29) is 0 Å². The zero-order valence-corrected chi connectivity index (χ0v) is 7.27. The second kappa shape index (κ2) is 3.68. The molecule has 0 saturated carbocycles. The summed E-state index contributed by atoms with van der Waals surface area (Å²) in [6.07, 6.45) is 0. The molecule has 0 aliphatic rings. The fourth-order valence-corrected chi connectivity index (χ4v) is 0.710. The lowest BCUT2D eigenvalue weighted by molar-refractivity contribution is -0.343. The highest BCUT2D eigenvalue weighted by molar-refractivity contribution is 5.77. The minimum absolute atomic E-state index is 0.737. The molecule has 0 amide bonds. The fraction of sp³-hybridized carbons (Fsp3) is 0.833. The lowest BCUT2D eigenvalue weighted by Crippen LogP contribution is -2.59. The Morgan fingerprint density at radius 3 is 1.71 bits per heavy atom. The average molecular weight is 221 g/mol. The molecule has 0 unspecified atom stereocenters. The summed E-state index contributed by atoms with van der Waals surface area (Å²) in [5.41, 5.74) is 0. The number of nitrogens with zero attached hydrogens (tertiary/aromatic N) is 1. The van der Waals surface area contributed by atoms with Crippen LogP contribution < -0.4 is 0 Å². The Kier molecular flexibility index (Phi) is 3.44. The Labute approximate surface area is 76.0 Å². The third-order valence-electron chi connectivity index (χ3n) is 1.68. The number of hydrogen-bond donors (Lipinski definition) is 1. The first-order chi connectivity index (χ1) is 6.08. The second-order valence-corrected chi connectivity index (χ2v) is 2.94. The maximum Gasteiger partial charge on any atom is 0.378 e. The molecule has 0 heterocycles. The van der Waals surface area contributed by atoms with Crippen LogP contribution >= 0.6 is 0 Å². The largest absolute Gasteiger partial charge is 0.478 e. The summed E-state index contributed by atoms with van der Waals surface area (Å²) in [5, 5.41) is 5.38. The van der Waals surface area contributed by atoms with Gasteiger partial charge in [0.05, 0.1) is 5.34 Å². The number of carboxylic acid groups (broad SMARTS) is 1. The molecule has 0 radical (unpaired) electrons. The first-order valence-corrected chi connectivity index (χ1v) is 3.50. The van der Waals surface area contributed by atoms with Crippen molar-refractivity contribution in [1.82, 2.24) is 5.34 Å². The molecular weight excluding hydrogens is 213 g/mol. The highest BCUT2D eigenvalue weighted by Gasteiger charge is 2.68. The summed E-state index contributed by atoms with van der Waals surface area (Å²) < 4.78 is 62.1. The third-order valence-corrected chi connectivity index (χ3v) is 1.68. The maximum atomic E-state index is 12.9. The number of carboxylic acids is 1. The zero-order chi connectivity index (χ0) is 11.7. The van der Waals surface area contributed by atoms with Gasteiger partial charge >= 0.3 is 17.7 Å². The molecular formula is C6H8F5NO2. The van der Waals surface area contributed by atoms with Gasteiger partial charge in [0.1, 0.15) is 0 Å². The molecule has 0 aromatic heterocycles. The van der Waals surface area contributed by atoms with E-state index in [1.807, 2.05) is 0 Å². The smallest absolute Gasteiger partial charge is 0.378 e. The van der Waals surface area contributed by atoms with Crippen LogP contribution in [0.3, 0.4) is 0 Å². The topological polar surface area (TPSA) is 40.5 Å². The van der Waals surface area contributed by atoms with Crippen molar-refractivity contribution >= 4 is 5.97 Å². The molecule has 0 aliphatic carbocycles. The normalized spacial score (nSPS) is 17.2. The average Bonchev–Trinajstić information content (AvgIpc) is 2.01. The van der Waals surface area contributed by atoms with Gasteiger partial charge in [-0.25, -0.2) is 18.0 Å². The number of alkyl halides is 3. The number of carbonyl (C=O) groups is 1. The first-order valence-electron chi connectivity index (χ1n) is 3.50. The molecule has 0 aromatic carbocycles. The predicted octanol–water partition coefficient (Wildman–Crippen LogP) is 2.10. The van der Waals surface area contributed by atoms with Crippen molar-refractivity contribution in [3.05, 3.63) is 0 Å². The Morgan fingerprint density at radius 1 is 1.29 bits per heavy atom. The van der Waals surface area contributed by atoms with Gasteiger partial charge in [0.2, 0.25) is 0 Å². The Bertz CT molecular complexity index is 232. The summed E-state index contributed by atoms with van der Waals surface area (Å²) in [7, 11) is 0.